The second-order valence-electron chi connectivity index (χ2n) is 7.64. The number of piperidine rings is 1. The fourth-order valence-corrected chi connectivity index (χ4v) is 4.87. The van der Waals surface area contributed by atoms with E-state index in [0.29, 0.717) is 37.4 Å². The Labute approximate surface area is 176 Å². The molecule has 0 saturated carbocycles. The molecule has 9 heteroatoms. The lowest BCUT2D eigenvalue weighted by atomic mass is 10.0. The fourth-order valence-electron chi connectivity index (χ4n) is 3.81. The van der Waals surface area contributed by atoms with Gasteiger partial charge in [0, 0.05) is 24.5 Å². The van der Waals surface area contributed by atoms with Crippen molar-refractivity contribution in [3.05, 3.63) is 52.3 Å². The van der Waals surface area contributed by atoms with Crippen LogP contribution in [0.2, 0.25) is 0 Å². The second-order valence-corrected chi connectivity index (χ2v) is 8.67. The molecule has 1 saturated heterocycles. The van der Waals surface area contributed by atoms with Crippen LogP contribution in [0.15, 0.2) is 30.3 Å². The topological polar surface area (TPSA) is 50.2 Å². The maximum Gasteiger partial charge on any atom is 0.261 e. The van der Waals surface area contributed by atoms with Crippen molar-refractivity contribution in [2.75, 3.05) is 19.6 Å². The minimum Gasteiger partial charge on any atom is -0.349 e. The van der Waals surface area contributed by atoms with E-state index in [0.717, 1.165) is 21.5 Å². The van der Waals surface area contributed by atoms with Crippen molar-refractivity contribution in [1.29, 1.82) is 0 Å². The molecule has 1 amide bonds. The predicted molar refractivity (Wildman–Crippen MR) is 111 cm³/mol. The van der Waals surface area contributed by atoms with Gasteiger partial charge in [0.05, 0.1) is 23.7 Å². The molecule has 0 bridgehead atoms. The molecule has 160 valence electrons. The molecule has 2 aromatic heterocycles. The van der Waals surface area contributed by atoms with Gasteiger partial charge in [-0.3, -0.25) is 14.4 Å². The van der Waals surface area contributed by atoms with Crippen LogP contribution in [0, 0.1) is 12.7 Å². The van der Waals surface area contributed by atoms with Crippen molar-refractivity contribution >= 4 is 27.5 Å². The highest BCUT2D eigenvalue weighted by Gasteiger charge is 2.24. The molecular formula is C21H23F3N4OS. The molecule has 1 N–H and O–H groups in total. The zero-order valence-corrected chi connectivity index (χ0v) is 17.4. The number of thiophene rings is 1. The molecule has 3 heterocycles. The molecule has 30 heavy (non-hydrogen) atoms. The monoisotopic (exact) mass is 436 g/mol. The van der Waals surface area contributed by atoms with Crippen LogP contribution in [0.3, 0.4) is 0 Å². The quantitative estimate of drug-likeness (QED) is 0.634. The number of aromatic nitrogens is 2. The van der Waals surface area contributed by atoms with Crippen molar-refractivity contribution in [1.82, 2.24) is 20.0 Å². The number of fused-ring (bicyclic) bond motifs is 1. The van der Waals surface area contributed by atoms with Crippen molar-refractivity contribution in [2.45, 2.75) is 38.8 Å². The zero-order valence-electron chi connectivity index (χ0n) is 16.6. The molecule has 1 aliphatic heterocycles. The molecule has 5 nitrogen and oxygen atoms in total. The molecule has 0 unspecified atom stereocenters. The lowest BCUT2D eigenvalue weighted by Gasteiger charge is -2.31. The average molecular weight is 437 g/mol. The van der Waals surface area contributed by atoms with Gasteiger partial charge in [-0.15, -0.1) is 11.3 Å². The first kappa shape index (κ1) is 20.9. The van der Waals surface area contributed by atoms with Gasteiger partial charge in [0.1, 0.15) is 10.6 Å². The molecular weight excluding hydrogens is 413 g/mol. The maximum atomic E-state index is 13.1. The van der Waals surface area contributed by atoms with Crippen LogP contribution in [0.5, 0.6) is 0 Å². The van der Waals surface area contributed by atoms with Crippen LogP contribution in [0.1, 0.15) is 33.8 Å². The Hall–Kier alpha value is -2.39. The van der Waals surface area contributed by atoms with Gasteiger partial charge >= 0.3 is 0 Å². The predicted octanol–water partition coefficient (Wildman–Crippen LogP) is 4.05. The summed E-state index contributed by atoms with van der Waals surface area (Å²) in [7, 11) is 0. The second kappa shape index (κ2) is 8.77. The molecule has 4 rings (SSSR count). The highest BCUT2D eigenvalue weighted by atomic mass is 32.1. The SMILES string of the molecule is Cc1nn(Cc2ccc(F)cc2)c2sc(C(=O)NC3CCN(CC(F)F)CC3)cc12. The molecule has 0 radical (unpaired) electrons. The number of nitrogens with zero attached hydrogens (tertiary/aromatic N) is 3. The van der Waals surface area contributed by atoms with Gasteiger partial charge in [0.25, 0.3) is 12.3 Å². The van der Waals surface area contributed by atoms with Crippen LogP contribution in [0.4, 0.5) is 13.2 Å². The Morgan fingerprint density at radius 3 is 2.63 bits per heavy atom. The van der Waals surface area contributed by atoms with E-state index >= 15 is 0 Å². The summed E-state index contributed by atoms with van der Waals surface area (Å²) in [5.74, 6) is -0.424. The Kier molecular flexibility index (Phi) is 6.10. The van der Waals surface area contributed by atoms with E-state index in [1.54, 1.807) is 17.0 Å². The molecule has 0 atom stereocenters. The molecule has 1 fully saturated rings. The molecule has 1 aliphatic rings. The smallest absolute Gasteiger partial charge is 0.261 e. The first-order chi connectivity index (χ1) is 14.4. The third-order valence-corrected chi connectivity index (χ3v) is 6.54. The summed E-state index contributed by atoms with van der Waals surface area (Å²) in [4.78, 5) is 16.0. The number of alkyl halides is 2. The molecule has 3 aromatic rings. The summed E-state index contributed by atoms with van der Waals surface area (Å²) in [6, 6.07) is 8.13. The lowest BCUT2D eigenvalue weighted by molar-refractivity contribution is 0.0697. The van der Waals surface area contributed by atoms with E-state index in [-0.39, 0.29) is 24.3 Å². The van der Waals surface area contributed by atoms with Gasteiger partial charge in [-0.1, -0.05) is 12.1 Å². The average Bonchev–Trinajstić information content (AvgIpc) is 3.26. The van der Waals surface area contributed by atoms with E-state index in [1.807, 2.05) is 17.7 Å². The number of hydrogen-bond acceptors (Lipinski definition) is 4. The third-order valence-electron chi connectivity index (χ3n) is 5.40. The Morgan fingerprint density at radius 1 is 1.27 bits per heavy atom. The van der Waals surface area contributed by atoms with Gasteiger partial charge in [0.2, 0.25) is 0 Å². The van der Waals surface area contributed by atoms with Gasteiger partial charge < -0.3 is 5.32 Å². The van der Waals surface area contributed by atoms with Crippen LogP contribution >= 0.6 is 11.3 Å². The zero-order chi connectivity index (χ0) is 21.3. The highest BCUT2D eigenvalue weighted by molar-refractivity contribution is 7.20. The van der Waals surface area contributed by atoms with Crippen LogP contribution in [0.25, 0.3) is 10.2 Å². The van der Waals surface area contributed by atoms with Gasteiger partial charge in [-0.2, -0.15) is 5.10 Å². The van der Waals surface area contributed by atoms with Gasteiger partial charge in [-0.25, -0.2) is 13.2 Å². The number of carbonyl (C=O) groups excluding carboxylic acids is 1. The summed E-state index contributed by atoms with van der Waals surface area (Å²) < 4.78 is 40.0. The van der Waals surface area contributed by atoms with Crippen molar-refractivity contribution in [2.24, 2.45) is 0 Å². The minimum absolute atomic E-state index is 0.00607. The summed E-state index contributed by atoms with van der Waals surface area (Å²) in [5.41, 5.74) is 1.76. The van der Waals surface area contributed by atoms with E-state index in [2.05, 4.69) is 10.4 Å². The summed E-state index contributed by atoms with van der Waals surface area (Å²) >= 11 is 1.38. The van der Waals surface area contributed by atoms with E-state index in [9.17, 15) is 18.0 Å². The number of nitrogens with one attached hydrogen (secondary N) is 1. The number of amides is 1. The number of halogens is 3. The Balaban J connectivity index is 1.43. The number of carbonyl (C=O) groups is 1. The fraction of sp³-hybridized carbons (Fsp3) is 0.429. The highest BCUT2D eigenvalue weighted by Crippen LogP contribution is 2.29. The normalized spacial score (nSPS) is 15.9. The molecule has 1 aromatic carbocycles. The van der Waals surface area contributed by atoms with Crippen LogP contribution in [-0.2, 0) is 6.54 Å². The first-order valence-electron chi connectivity index (χ1n) is 9.92. The Morgan fingerprint density at radius 2 is 1.97 bits per heavy atom. The standard InChI is InChI=1S/C21H23F3N4OS/c1-13-17-10-18(20(29)25-16-6-8-27(9-7-16)12-19(23)24)30-21(17)28(26-13)11-14-2-4-15(22)5-3-14/h2-5,10,16,19H,6-9,11-12H2,1H3,(H,25,29). The van der Waals surface area contributed by atoms with Gasteiger partial charge in [-0.05, 0) is 43.5 Å². The number of likely N-dealkylation sites (tertiary alicyclic amines) is 1. The summed E-state index contributed by atoms with van der Waals surface area (Å²) in [6.07, 6.45) is -0.992. The number of rotatable bonds is 6. The van der Waals surface area contributed by atoms with Gasteiger partial charge in [0.15, 0.2) is 0 Å². The largest absolute Gasteiger partial charge is 0.349 e. The van der Waals surface area contributed by atoms with E-state index in [4.69, 9.17) is 0 Å². The van der Waals surface area contributed by atoms with Crippen molar-refractivity contribution in [3.8, 4) is 0 Å². The van der Waals surface area contributed by atoms with E-state index < -0.39 is 6.43 Å². The van der Waals surface area contributed by atoms with Crippen LogP contribution < -0.4 is 5.32 Å². The molecule has 0 aliphatic carbocycles. The number of hydrogen-bond donors (Lipinski definition) is 1. The maximum absolute atomic E-state index is 13.1. The number of aryl methyl sites for hydroxylation is 1. The summed E-state index contributed by atoms with van der Waals surface area (Å²) in [5, 5.41) is 8.52. The van der Waals surface area contributed by atoms with Crippen molar-refractivity contribution < 1.29 is 18.0 Å². The minimum atomic E-state index is -2.33. The first-order valence-corrected chi connectivity index (χ1v) is 10.7. The van der Waals surface area contributed by atoms with E-state index in [1.165, 1.54) is 23.5 Å². The summed E-state index contributed by atoms with van der Waals surface area (Å²) in [6.45, 7) is 3.31. The van der Waals surface area contributed by atoms with Crippen LogP contribution in [-0.4, -0.2) is 52.7 Å². The lowest BCUT2D eigenvalue weighted by Crippen LogP contribution is -2.45. The number of benzene rings is 1. The Bertz CT molecular complexity index is 1020. The molecule has 0 spiro atoms. The third kappa shape index (κ3) is 4.67. The van der Waals surface area contributed by atoms with Crippen molar-refractivity contribution in [3.63, 3.8) is 0 Å².